The molecule has 4 aliphatic rings. The van der Waals surface area contributed by atoms with Crippen molar-refractivity contribution in [3.05, 3.63) is 24.3 Å². The fourth-order valence-electron chi connectivity index (χ4n) is 6.15. The van der Waals surface area contributed by atoms with Crippen LogP contribution >= 0.6 is 12.4 Å². The molecular formula is C27H40ClN3O5. The number of anilines is 1. The van der Waals surface area contributed by atoms with E-state index < -0.39 is 5.79 Å². The van der Waals surface area contributed by atoms with Crippen LogP contribution in [0.3, 0.4) is 0 Å². The maximum Gasteiger partial charge on any atom is 0.233 e. The third-order valence-corrected chi connectivity index (χ3v) is 7.71. The van der Waals surface area contributed by atoms with E-state index in [9.17, 15) is 9.59 Å². The van der Waals surface area contributed by atoms with Crippen molar-refractivity contribution in [1.82, 2.24) is 9.80 Å². The van der Waals surface area contributed by atoms with E-state index in [1.54, 1.807) is 0 Å². The zero-order chi connectivity index (χ0) is 24.7. The molecule has 3 saturated heterocycles. The highest BCUT2D eigenvalue weighted by Crippen LogP contribution is 2.45. The Labute approximate surface area is 220 Å². The molecule has 4 fully saturated rings. The van der Waals surface area contributed by atoms with Gasteiger partial charge in [0.15, 0.2) is 5.79 Å². The van der Waals surface area contributed by atoms with Crippen LogP contribution in [0, 0.1) is 11.8 Å². The maximum absolute atomic E-state index is 13.1. The average molecular weight is 522 g/mol. The zero-order valence-corrected chi connectivity index (χ0v) is 22.7. The lowest BCUT2D eigenvalue weighted by molar-refractivity contribution is -0.149. The molecule has 4 atom stereocenters. The molecule has 0 radical (unpaired) electrons. The van der Waals surface area contributed by atoms with Gasteiger partial charge in [0.2, 0.25) is 11.8 Å². The normalized spacial score (nSPS) is 29.8. The number of imide groups is 1. The van der Waals surface area contributed by atoms with E-state index in [2.05, 4.69) is 21.9 Å². The molecule has 1 aromatic carbocycles. The first-order chi connectivity index (χ1) is 16.7. The predicted molar refractivity (Wildman–Crippen MR) is 139 cm³/mol. The van der Waals surface area contributed by atoms with Gasteiger partial charge in [0.1, 0.15) is 5.75 Å². The summed E-state index contributed by atoms with van der Waals surface area (Å²) in [6.07, 6.45) is 1.94. The molecule has 1 aromatic rings. The number of halogens is 1. The second-order valence-corrected chi connectivity index (χ2v) is 11.0. The number of benzene rings is 1. The van der Waals surface area contributed by atoms with E-state index in [0.717, 1.165) is 50.6 Å². The predicted octanol–water partition coefficient (Wildman–Crippen LogP) is 3.32. The van der Waals surface area contributed by atoms with E-state index in [-0.39, 0.29) is 54.4 Å². The molecule has 9 heteroatoms. The van der Waals surface area contributed by atoms with Crippen molar-refractivity contribution in [2.24, 2.45) is 11.8 Å². The van der Waals surface area contributed by atoms with Gasteiger partial charge in [0.05, 0.1) is 35.8 Å². The third kappa shape index (κ3) is 5.52. The molecule has 0 N–H and O–H groups in total. The highest BCUT2D eigenvalue weighted by molar-refractivity contribution is 6.05. The van der Waals surface area contributed by atoms with Crippen molar-refractivity contribution in [2.75, 3.05) is 44.2 Å². The van der Waals surface area contributed by atoms with Crippen LogP contribution in [0.2, 0.25) is 0 Å². The zero-order valence-electron chi connectivity index (χ0n) is 21.9. The van der Waals surface area contributed by atoms with Crippen LogP contribution in [0.25, 0.3) is 0 Å². The molecular weight excluding hydrogens is 482 g/mol. The molecule has 1 aliphatic carbocycles. The Bertz CT molecular complexity index is 915. The fraction of sp³-hybridized carbons (Fsp3) is 0.704. The molecule has 3 heterocycles. The Morgan fingerprint density at radius 3 is 2.11 bits per heavy atom. The standard InChI is InChI=1S/C27H39N3O5.ClH/c1-18(2)33-22-9-6-5-8-21(22)29-14-12-28(13-15-29)10-7-11-30-25(31)19-16-23-24(17-20(19)26(30)32)35-27(3,4)34-23;/h5-6,8-9,18-20,23-24H,7,10-17H2,1-4H3;1H. The minimum Gasteiger partial charge on any atom is -0.489 e. The molecule has 0 bridgehead atoms. The number of rotatable bonds is 7. The number of likely N-dealkylation sites (tertiary alicyclic amines) is 1. The molecule has 8 nitrogen and oxygen atoms in total. The summed E-state index contributed by atoms with van der Waals surface area (Å²) < 4.78 is 18.0. The SMILES string of the molecule is CC(C)Oc1ccccc1N1CCN(CCCN2C(=O)C3CC4OC(C)(C)OC4CC3C2=O)CC1.Cl. The summed E-state index contributed by atoms with van der Waals surface area (Å²) in [6, 6.07) is 8.24. The van der Waals surface area contributed by atoms with Gasteiger partial charge in [0.25, 0.3) is 0 Å². The van der Waals surface area contributed by atoms with Crippen molar-refractivity contribution in [3.8, 4) is 5.75 Å². The van der Waals surface area contributed by atoms with Crippen LogP contribution in [-0.2, 0) is 19.1 Å². The van der Waals surface area contributed by atoms with Crippen LogP contribution in [0.5, 0.6) is 5.75 Å². The Morgan fingerprint density at radius 2 is 1.53 bits per heavy atom. The summed E-state index contributed by atoms with van der Waals surface area (Å²) in [5.74, 6) is -0.229. The molecule has 0 spiro atoms. The largest absolute Gasteiger partial charge is 0.489 e. The third-order valence-electron chi connectivity index (χ3n) is 7.71. The number of carbonyl (C=O) groups excluding carboxylic acids is 2. The van der Waals surface area contributed by atoms with E-state index in [0.29, 0.717) is 19.4 Å². The highest BCUT2D eigenvalue weighted by Gasteiger charge is 2.56. The number of para-hydroxylation sites is 2. The number of hydrogen-bond donors (Lipinski definition) is 0. The molecule has 36 heavy (non-hydrogen) atoms. The second-order valence-electron chi connectivity index (χ2n) is 11.0. The topological polar surface area (TPSA) is 71.6 Å². The lowest BCUT2D eigenvalue weighted by Gasteiger charge is -2.37. The van der Waals surface area contributed by atoms with Crippen LogP contribution in [-0.4, -0.2) is 85.0 Å². The molecule has 5 rings (SSSR count). The minimum absolute atomic E-state index is 0. The number of carbonyl (C=O) groups is 2. The van der Waals surface area contributed by atoms with Gasteiger partial charge in [-0.2, -0.15) is 0 Å². The highest BCUT2D eigenvalue weighted by atomic mass is 35.5. The molecule has 4 unspecified atom stereocenters. The van der Waals surface area contributed by atoms with Gasteiger partial charge in [-0.05, 0) is 65.6 Å². The summed E-state index contributed by atoms with van der Waals surface area (Å²) in [5.41, 5.74) is 1.15. The van der Waals surface area contributed by atoms with Crippen molar-refractivity contribution < 1.29 is 23.8 Å². The van der Waals surface area contributed by atoms with Crippen molar-refractivity contribution >= 4 is 29.9 Å². The number of fused-ring (bicyclic) bond motifs is 2. The molecule has 2 amide bonds. The van der Waals surface area contributed by atoms with Crippen LogP contribution in [0.1, 0.15) is 47.0 Å². The van der Waals surface area contributed by atoms with Gasteiger partial charge >= 0.3 is 0 Å². The number of amides is 2. The number of ether oxygens (including phenoxy) is 3. The van der Waals surface area contributed by atoms with Gasteiger partial charge in [-0.15, -0.1) is 12.4 Å². The summed E-state index contributed by atoms with van der Waals surface area (Å²) in [4.78, 5) is 32.5. The summed E-state index contributed by atoms with van der Waals surface area (Å²) in [7, 11) is 0. The second kappa shape index (κ2) is 10.9. The maximum atomic E-state index is 13.1. The quantitative estimate of drug-likeness (QED) is 0.510. The summed E-state index contributed by atoms with van der Waals surface area (Å²) in [6.45, 7) is 13.1. The van der Waals surface area contributed by atoms with Crippen LogP contribution in [0.4, 0.5) is 5.69 Å². The molecule has 200 valence electrons. The first kappa shape index (κ1) is 27.2. The van der Waals surface area contributed by atoms with E-state index in [4.69, 9.17) is 14.2 Å². The Balaban J connectivity index is 0.00000304. The lowest BCUT2D eigenvalue weighted by Crippen LogP contribution is -2.47. The Hall–Kier alpha value is -1.87. The molecule has 0 aromatic heterocycles. The Kier molecular flexibility index (Phi) is 8.19. The number of piperazine rings is 1. The summed E-state index contributed by atoms with van der Waals surface area (Å²) >= 11 is 0. The molecule has 3 aliphatic heterocycles. The van der Waals surface area contributed by atoms with Crippen molar-refractivity contribution in [2.45, 2.75) is 71.1 Å². The van der Waals surface area contributed by atoms with Gasteiger partial charge in [-0.1, -0.05) is 12.1 Å². The van der Waals surface area contributed by atoms with E-state index in [1.807, 2.05) is 39.8 Å². The number of hydrogen-bond acceptors (Lipinski definition) is 7. The van der Waals surface area contributed by atoms with Gasteiger partial charge in [-0.3, -0.25) is 19.4 Å². The van der Waals surface area contributed by atoms with Crippen LogP contribution < -0.4 is 9.64 Å². The lowest BCUT2D eigenvalue weighted by atomic mass is 9.78. The first-order valence-corrected chi connectivity index (χ1v) is 13.2. The smallest absolute Gasteiger partial charge is 0.233 e. The van der Waals surface area contributed by atoms with Crippen LogP contribution in [0.15, 0.2) is 24.3 Å². The van der Waals surface area contributed by atoms with E-state index in [1.165, 1.54) is 4.90 Å². The average Bonchev–Trinajstić information content (AvgIpc) is 3.24. The van der Waals surface area contributed by atoms with Crippen molar-refractivity contribution in [3.63, 3.8) is 0 Å². The minimum atomic E-state index is -0.632. The Morgan fingerprint density at radius 1 is 0.944 bits per heavy atom. The molecule has 1 saturated carbocycles. The first-order valence-electron chi connectivity index (χ1n) is 13.2. The van der Waals surface area contributed by atoms with Crippen molar-refractivity contribution in [1.29, 1.82) is 0 Å². The van der Waals surface area contributed by atoms with E-state index >= 15 is 0 Å². The number of nitrogens with zero attached hydrogens (tertiary/aromatic N) is 3. The summed E-state index contributed by atoms with van der Waals surface area (Å²) in [5, 5.41) is 0. The van der Waals surface area contributed by atoms with Gasteiger partial charge in [-0.25, -0.2) is 0 Å². The van der Waals surface area contributed by atoms with Gasteiger partial charge in [0, 0.05) is 32.7 Å². The fourth-order valence-corrected chi connectivity index (χ4v) is 6.15. The monoisotopic (exact) mass is 521 g/mol. The van der Waals surface area contributed by atoms with Gasteiger partial charge < -0.3 is 19.1 Å².